The van der Waals surface area contributed by atoms with Gasteiger partial charge in [-0.15, -0.1) is 18.3 Å². The third kappa shape index (κ3) is 6.71. The van der Waals surface area contributed by atoms with Gasteiger partial charge in [0, 0.05) is 18.7 Å². The normalized spacial score (nSPS) is 22.1. The minimum Gasteiger partial charge on any atom is -0.481 e. The molecule has 4 atom stereocenters. The number of primary amides is 1. The first-order valence-electron chi connectivity index (χ1n) is 13.1. The van der Waals surface area contributed by atoms with Crippen molar-refractivity contribution in [2.24, 2.45) is 11.1 Å². The summed E-state index contributed by atoms with van der Waals surface area (Å²) in [4.78, 5) is 63.2. The summed E-state index contributed by atoms with van der Waals surface area (Å²) in [5, 5.41) is 14.3. The van der Waals surface area contributed by atoms with Crippen LogP contribution >= 0.6 is 11.8 Å². The molecular formula is C29H32N4O7S. The molecule has 2 aliphatic rings. The third-order valence-corrected chi connectivity index (χ3v) is 8.73. The first-order valence-corrected chi connectivity index (χ1v) is 14.1. The van der Waals surface area contributed by atoms with E-state index in [0.29, 0.717) is 0 Å². The summed E-state index contributed by atoms with van der Waals surface area (Å²) in [6.45, 7) is 3.61. The molecule has 0 aliphatic carbocycles. The number of nitrogens with two attached hydrogens (primary N) is 1. The summed E-state index contributed by atoms with van der Waals surface area (Å²) in [6, 6.07) is 15.6. The molecule has 0 saturated carbocycles. The molecule has 2 heterocycles. The number of thioether (sulfide) groups is 1. The molecule has 2 fully saturated rings. The second-order valence-electron chi connectivity index (χ2n) is 9.97. The van der Waals surface area contributed by atoms with Crippen molar-refractivity contribution >= 4 is 41.5 Å². The highest BCUT2D eigenvalue weighted by molar-refractivity contribution is 8.00. The third-order valence-electron chi connectivity index (χ3n) is 7.18. The number of amides is 4. The molecule has 11 nitrogen and oxygen atoms in total. The summed E-state index contributed by atoms with van der Waals surface area (Å²) >= 11 is 1.28. The molecule has 0 radical (unpaired) electrons. The number of carbonyl (C=O) groups is 5. The standard InChI is InChI=1S/C29H32N4O7S/c1-2-29(27(37)38)16-33-24(35)22(25(33)41-17-29)32-21(34)15-9-14-20(31-28(30)39)26(36)40-23(18-10-5-3-6-11-18)19-12-7-4-8-13-19/h2-8,10-13,20,22-23,25H,1,9,14-17H2,(H,32,34)(H,37,38)(H3,30,31,39)/t20?,22?,25-,29?/m1/s1. The van der Waals surface area contributed by atoms with Gasteiger partial charge in [0.05, 0.1) is 0 Å². The smallest absolute Gasteiger partial charge is 0.329 e. The van der Waals surface area contributed by atoms with Gasteiger partial charge < -0.3 is 31.1 Å². The SMILES string of the molecule is C=CC1(C(=O)O)CS[C@@H]2C(NC(=O)CCCC(NC(N)=O)C(=O)OC(c3ccccc3)c3ccccc3)C(=O)N2C1. The predicted octanol–water partition coefficient (Wildman–Crippen LogP) is 2.18. The molecule has 41 heavy (non-hydrogen) atoms. The lowest BCUT2D eigenvalue weighted by Crippen LogP contribution is -2.73. The van der Waals surface area contributed by atoms with Gasteiger partial charge in [-0.05, 0) is 24.0 Å². The molecule has 2 aromatic rings. The van der Waals surface area contributed by atoms with Crippen molar-refractivity contribution in [3.05, 3.63) is 84.4 Å². The average molecular weight is 581 g/mol. The molecule has 2 saturated heterocycles. The monoisotopic (exact) mass is 580 g/mol. The van der Waals surface area contributed by atoms with E-state index in [2.05, 4.69) is 17.2 Å². The number of esters is 1. The maximum absolute atomic E-state index is 13.2. The van der Waals surface area contributed by atoms with Crippen LogP contribution in [0.1, 0.15) is 36.5 Å². The molecule has 0 spiro atoms. The minimum absolute atomic E-state index is 0.00421. The van der Waals surface area contributed by atoms with Crippen LogP contribution in [0, 0.1) is 5.41 Å². The Bertz CT molecular complexity index is 1270. The summed E-state index contributed by atoms with van der Waals surface area (Å²) < 4.78 is 5.84. The molecule has 4 amide bonds. The van der Waals surface area contributed by atoms with Gasteiger partial charge >= 0.3 is 18.0 Å². The van der Waals surface area contributed by atoms with Crippen LogP contribution in [0.25, 0.3) is 0 Å². The van der Waals surface area contributed by atoms with E-state index < -0.39 is 47.5 Å². The van der Waals surface area contributed by atoms with E-state index in [0.717, 1.165) is 11.1 Å². The van der Waals surface area contributed by atoms with Crippen molar-refractivity contribution in [1.29, 1.82) is 0 Å². The number of hydrogen-bond donors (Lipinski definition) is 4. The fourth-order valence-electron chi connectivity index (χ4n) is 4.85. The number of benzene rings is 2. The van der Waals surface area contributed by atoms with Crippen LogP contribution in [-0.4, -0.2) is 69.5 Å². The number of nitrogens with one attached hydrogen (secondary N) is 2. The van der Waals surface area contributed by atoms with Crippen molar-refractivity contribution in [3.8, 4) is 0 Å². The topological polar surface area (TPSA) is 168 Å². The van der Waals surface area contributed by atoms with Gasteiger partial charge in [-0.25, -0.2) is 9.59 Å². The first kappa shape index (κ1) is 29.7. The van der Waals surface area contributed by atoms with Crippen molar-refractivity contribution in [2.75, 3.05) is 12.3 Å². The second-order valence-corrected chi connectivity index (χ2v) is 11.1. The molecule has 2 aromatic carbocycles. The fraction of sp³-hybridized carbons (Fsp3) is 0.345. The Kier molecular flexibility index (Phi) is 9.33. The molecule has 216 valence electrons. The molecule has 2 aliphatic heterocycles. The van der Waals surface area contributed by atoms with Crippen LogP contribution in [-0.2, 0) is 23.9 Å². The highest BCUT2D eigenvalue weighted by Gasteiger charge is 2.56. The average Bonchev–Trinajstić information content (AvgIpc) is 2.98. The number of hydrogen-bond acceptors (Lipinski definition) is 7. The molecule has 4 rings (SSSR count). The first-order chi connectivity index (χ1) is 19.6. The number of rotatable bonds is 12. The van der Waals surface area contributed by atoms with Crippen LogP contribution in [0.2, 0.25) is 0 Å². The van der Waals surface area contributed by atoms with Gasteiger partial charge in [0.1, 0.15) is 22.9 Å². The van der Waals surface area contributed by atoms with E-state index >= 15 is 0 Å². The second kappa shape index (κ2) is 12.9. The molecular weight excluding hydrogens is 548 g/mol. The van der Waals surface area contributed by atoms with E-state index in [-0.39, 0.29) is 42.8 Å². The van der Waals surface area contributed by atoms with E-state index in [1.54, 1.807) is 0 Å². The lowest BCUT2D eigenvalue weighted by Gasteiger charge is -2.53. The number of fused-ring (bicyclic) bond motifs is 1. The number of aliphatic carboxylic acids is 1. The number of carboxylic acids is 1. The van der Waals surface area contributed by atoms with Gasteiger partial charge in [0.25, 0.3) is 0 Å². The van der Waals surface area contributed by atoms with E-state index in [1.165, 1.54) is 22.7 Å². The highest BCUT2D eigenvalue weighted by atomic mass is 32.2. The number of nitrogens with zero attached hydrogens (tertiary/aromatic N) is 1. The maximum Gasteiger partial charge on any atom is 0.329 e. The zero-order valence-electron chi connectivity index (χ0n) is 22.2. The lowest BCUT2D eigenvalue weighted by atomic mass is 9.87. The highest BCUT2D eigenvalue weighted by Crippen LogP contribution is 2.42. The van der Waals surface area contributed by atoms with Crippen LogP contribution in [0.5, 0.6) is 0 Å². The quantitative estimate of drug-likeness (QED) is 0.168. The largest absolute Gasteiger partial charge is 0.481 e. The maximum atomic E-state index is 13.2. The predicted molar refractivity (Wildman–Crippen MR) is 151 cm³/mol. The molecule has 12 heteroatoms. The van der Waals surface area contributed by atoms with Crippen molar-refractivity contribution < 1.29 is 33.8 Å². The molecule has 3 unspecified atom stereocenters. The van der Waals surface area contributed by atoms with Gasteiger partial charge in [-0.2, -0.15) is 0 Å². The fourth-order valence-corrected chi connectivity index (χ4v) is 6.39. The van der Waals surface area contributed by atoms with Crippen LogP contribution in [0.3, 0.4) is 0 Å². The Balaban J connectivity index is 1.33. The molecule has 5 N–H and O–H groups in total. The van der Waals surface area contributed by atoms with E-state index in [1.807, 2.05) is 60.7 Å². The minimum atomic E-state index is -1.22. The Morgan fingerprint density at radius 2 is 1.73 bits per heavy atom. The van der Waals surface area contributed by atoms with Crippen LogP contribution < -0.4 is 16.4 Å². The van der Waals surface area contributed by atoms with Gasteiger partial charge in [0.15, 0.2) is 6.10 Å². The van der Waals surface area contributed by atoms with Crippen molar-refractivity contribution in [2.45, 2.75) is 42.8 Å². The van der Waals surface area contributed by atoms with Crippen LogP contribution in [0.4, 0.5) is 4.79 Å². The summed E-state index contributed by atoms with van der Waals surface area (Å²) in [6.07, 6.45) is 0.897. The van der Waals surface area contributed by atoms with Gasteiger partial charge in [-0.1, -0.05) is 66.7 Å². The Morgan fingerprint density at radius 3 is 2.27 bits per heavy atom. The van der Waals surface area contributed by atoms with Crippen LogP contribution in [0.15, 0.2) is 73.3 Å². The summed E-state index contributed by atoms with van der Waals surface area (Å²) in [7, 11) is 0. The number of urea groups is 1. The number of ether oxygens (including phenoxy) is 1. The summed E-state index contributed by atoms with van der Waals surface area (Å²) in [5.41, 5.74) is 5.58. The van der Waals surface area contributed by atoms with Crippen molar-refractivity contribution in [1.82, 2.24) is 15.5 Å². The summed E-state index contributed by atoms with van der Waals surface area (Å²) in [5.74, 6) is -2.26. The lowest BCUT2D eigenvalue weighted by molar-refractivity contribution is -0.156. The van der Waals surface area contributed by atoms with Gasteiger partial charge in [0.2, 0.25) is 11.8 Å². The molecule has 0 aromatic heterocycles. The number of carbonyl (C=O) groups excluding carboxylic acids is 4. The molecule has 0 bridgehead atoms. The Hall–Kier alpha value is -4.32. The number of carboxylic acid groups (broad SMARTS) is 1. The zero-order chi connectivity index (χ0) is 29.6. The Morgan fingerprint density at radius 1 is 1.12 bits per heavy atom. The number of β-lactam (4-membered cyclic amide) rings is 1. The zero-order valence-corrected chi connectivity index (χ0v) is 23.0. The van der Waals surface area contributed by atoms with Crippen molar-refractivity contribution in [3.63, 3.8) is 0 Å². The van der Waals surface area contributed by atoms with E-state index in [9.17, 15) is 29.1 Å². The Labute approximate surface area is 241 Å². The van der Waals surface area contributed by atoms with E-state index in [4.69, 9.17) is 10.5 Å². The van der Waals surface area contributed by atoms with Gasteiger partial charge in [-0.3, -0.25) is 14.4 Å².